The third-order valence-electron chi connectivity index (χ3n) is 19.5. The number of unbranched alkanes of at least 4 members (excludes halogenated alkanes) is 3. The average molecular weight is 1310 g/mol. The predicted octanol–water partition coefficient (Wildman–Crippen LogP) is 11.5. The van der Waals surface area contributed by atoms with Crippen molar-refractivity contribution >= 4 is 90.7 Å². The van der Waals surface area contributed by atoms with Gasteiger partial charge in [0.1, 0.15) is 28.9 Å². The van der Waals surface area contributed by atoms with Gasteiger partial charge in [-0.05, 0) is 191 Å². The molecule has 0 radical (unpaired) electrons. The number of fused-ring (bicyclic) bond motifs is 2. The maximum absolute atomic E-state index is 14.2. The zero-order chi connectivity index (χ0) is 64.1. The molecule has 92 heavy (non-hydrogen) atoms. The minimum atomic E-state index is -4.61. The number of aromatic nitrogens is 2. The molecule has 4 saturated heterocycles. The minimum absolute atomic E-state index is 0.0407. The molecule has 1 unspecified atom stereocenters. The Kier molecular flexibility index (Phi) is 20.0. The Morgan fingerprint density at radius 2 is 1.64 bits per heavy atom. The lowest BCUT2D eigenvalue weighted by molar-refractivity contribution is -0.384. The number of halogens is 1. The molecule has 4 fully saturated rings. The summed E-state index contributed by atoms with van der Waals surface area (Å²) in [6.45, 7) is 14.6. The Bertz CT molecular complexity index is 3870. The van der Waals surface area contributed by atoms with Crippen molar-refractivity contribution in [2.24, 2.45) is 11.3 Å². The third-order valence-corrected chi connectivity index (χ3v) is 22.3. The van der Waals surface area contributed by atoms with Crippen molar-refractivity contribution in [1.82, 2.24) is 39.6 Å². The normalized spacial score (nSPS) is 19.8. The van der Waals surface area contributed by atoms with Crippen LogP contribution >= 0.6 is 23.4 Å². The van der Waals surface area contributed by atoms with Gasteiger partial charge in [-0.2, -0.15) is 0 Å². The zero-order valence-electron chi connectivity index (χ0n) is 52.4. The molecule has 5 aliphatic heterocycles. The van der Waals surface area contributed by atoms with E-state index in [-0.39, 0.29) is 46.6 Å². The topological polar surface area (TPSA) is 236 Å². The number of pyridine rings is 1. The summed E-state index contributed by atoms with van der Waals surface area (Å²) in [5, 5.41) is 19.7. The number of nitrogens with zero attached hydrogens (tertiary/aromatic N) is 7. The number of carbonyl (C=O) groups excluding carboxylic acids is 4. The number of ether oxygens (including phenoxy) is 1. The van der Waals surface area contributed by atoms with Crippen LogP contribution in [-0.4, -0.2) is 156 Å². The number of nitro groups is 1. The maximum atomic E-state index is 14.2. The summed E-state index contributed by atoms with van der Waals surface area (Å²) in [7, 11) is -4.61. The van der Waals surface area contributed by atoms with Gasteiger partial charge in [0, 0.05) is 103 Å². The van der Waals surface area contributed by atoms with E-state index in [0.29, 0.717) is 55.6 Å². The first-order valence-electron chi connectivity index (χ1n) is 32.5. The fraction of sp³-hybridized carbons (Fsp3) is 0.464. The highest BCUT2D eigenvalue weighted by molar-refractivity contribution is 7.99. The lowest BCUT2D eigenvalue weighted by Crippen LogP contribution is -2.52. The van der Waals surface area contributed by atoms with E-state index in [2.05, 4.69) is 77.0 Å². The number of hydrogen-bond donors (Lipinski definition) is 4. The van der Waals surface area contributed by atoms with Gasteiger partial charge in [0.05, 0.1) is 21.6 Å². The van der Waals surface area contributed by atoms with E-state index in [9.17, 15) is 37.7 Å². The predicted molar refractivity (Wildman–Crippen MR) is 359 cm³/mol. The Balaban J connectivity index is 0.594. The van der Waals surface area contributed by atoms with Crippen molar-refractivity contribution in [3.63, 3.8) is 0 Å². The van der Waals surface area contributed by atoms with Gasteiger partial charge in [0.15, 0.2) is 0 Å². The second-order valence-electron chi connectivity index (χ2n) is 26.3. The van der Waals surface area contributed by atoms with Crippen molar-refractivity contribution in [2.45, 2.75) is 126 Å². The zero-order valence-corrected chi connectivity index (χ0v) is 54.8. The molecule has 1 atom stereocenters. The number of rotatable bonds is 23. The number of piperazine rings is 1. The number of H-pyrrole nitrogens is 1. The van der Waals surface area contributed by atoms with Crippen molar-refractivity contribution in [3.05, 3.63) is 146 Å². The second-order valence-corrected chi connectivity index (χ2v) is 29.6. The maximum Gasteiger partial charge on any atom is 0.293 e. The van der Waals surface area contributed by atoms with Gasteiger partial charge in [-0.25, -0.2) is 18.1 Å². The number of thioether (sulfide) groups is 1. The molecule has 6 aliphatic rings. The number of nitro benzene ring substituents is 1. The number of hydrogen-bond acceptors (Lipinski definition) is 16. The molecule has 4 N–H and O–H groups in total. The molecule has 0 saturated carbocycles. The molecule has 486 valence electrons. The van der Waals surface area contributed by atoms with E-state index in [1.54, 1.807) is 47.1 Å². The van der Waals surface area contributed by atoms with Gasteiger partial charge in [0.2, 0.25) is 11.8 Å². The third kappa shape index (κ3) is 15.3. The van der Waals surface area contributed by atoms with Crippen LogP contribution < -0.4 is 25.0 Å². The average Bonchev–Trinajstić information content (AvgIpc) is 1.60. The Labute approximate surface area is 547 Å². The SMILES string of the molecule is CC1(C)CCC(CN2CCN(c3ccc(C(=O)NS(=O)(=O)c4ccc(NCC5CCN(C6CCN(CCCCCCSc7cccc8c7CN(C7CCC(=O)NC7=O)C8=O)CC6)CC5)c([N+](=O)[O-])c4)c(Oc4cnc5[nH]ccc5c4)c3)CC2)=C(c2ccc(Cl)cc2)C1. The van der Waals surface area contributed by atoms with Crippen LogP contribution in [0.4, 0.5) is 17.1 Å². The van der Waals surface area contributed by atoms with E-state index < -0.39 is 43.4 Å². The fourth-order valence-corrected chi connectivity index (χ4v) is 16.3. The highest BCUT2D eigenvalue weighted by Gasteiger charge is 2.40. The fourth-order valence-electron chi connectivity index (χ4n) is 14.1. The summed E-state index contributed by atoms with van der Waals surface area (Å²) in [5.41, 5.74) is 7.16. The lowest BCUT2D eigenvalue weighted by Gasteiger charge is -2.42. The smallest absolute Gasteiger partial charge is 0.293 e. The molecule has 0 spiro atoms. The number of imide groups is 1. The summed E-state index contributed by atoms with van der Waals surface area (Å²) < 4.78 is 36.6. The molecule has 20 nitrogen and oxygen atoms in total. The van der Waals surface area contributed by atoms with Crippen molar-refractivity contribution < 1.29 is 37.3 Å². The molecule has 4 aromatic carbocycles. The molecule has 0 bridgehead atoms. The van der Waals surface area contributed by atoms with E-state index >= 15 is 0 Å². The number of carbonyl (C=O) groups is 4. The Morgan fingerprint density at radius 1 is 0.859 bits per heavy atom. The summed E-state index contributed by atoms with van der Waals surface area (Å²) >= 11 is 8.06. The van der Waals surface area contributed by atoms with Gasteiger partial charge in [-0.3, -0.25) is 39.5 Å². The van der Waals surface area contributed by atoms with Crippen molar-refractivity contribution in [3.8, 4) is 11.5 Å². The van der Waals surface area contributed by atoms with Gasteiger partial charge < -0.3 is 34.6 Å². The van der Waals surface area contributed by atoms with Crippen LogP contribution in [0, 0.1) is 21.4 Å². The summed E-state index contributed by atoms with van der Waals surface area (Å²) in [4.78, 5) is 83.4. The molecule has 1 aliphatic carbocycles. The molecular weight excluding hydrogens is 1230 g/mol. The molecule has 6 aromatic rings. The van der Waals surface area contributed by atoms with Gasteiger partial charge in [-0.1, -0.05) is 62.1 Å². The van der Waals surface area contributed by atoms with Crippen molar-refractivity contribution in [1.29, 1.82) is 0 Å². The number of likely N-dealkylation sites (tertiary alicyclic amines) is 2. The van der Waals surface area contributed by atoms with Gasteiger partial charge in [-0.15, -0.1) is 11.8 Å². The molecule has 12 rings (SSSR count). The van der Waals surface area contributed by atoms with E-state index in [1.165, 1.54) is 35.0 Å². The van der Waals surface area contributed by atoms with Crippen LogP contribution in [0.25, 0.3) is 16.6 Å². The standard InChI is InChI=1S/C69H82ClN11O9S2/c1-69(2)26-20-49(57(41-69)47-10-12-50(70)13-11-47)44-77-33-35-79(36-34-77)52-14-16-56(62(39-52)90-53-38-48-21-27-71-65(48)73-43-53)66(83)75-92(88,89)54-15-17-59(61(40-54)81(86)87)72-42-46-22-31-78(32-23-46)51-24-29-76(30-25-51)28-5-3-4-6-37-91-63-9-7-8-55-58(63)45-80(68(55)85)60-18-19-64(82)74-67(60)84/h7-17,21,27,38-40,43,46,51,60,72H,3-6,18-20,22-26,28-37,41-42,44-45H2,1-2H3,(H,71,73)(H,75,83)(H,74,82,84). The van der Waals surface area contributed by atoms with E-state index in [0.717, 1.165) is 161 Å². The monoisotopic (exact) mass is 1310 g/mol. The number of piperidine rings is 3. The minimum Gasteiger partial charge on any atom is -0.455 e. The molecule has 7 heterocycles. The number of aromatic amines is 1. The first-order chi connectivity index (χ1) is 44.4. The molecular formula is C69H82ClN11O9S2. The van der Waals surface area contributed by atoms with Crippen LogP contribution in [0.5, 0.6) is 11.5 Å². The number of amides is 4. The number of benzene rings is 4. The summed E-state index contributed by atoms with van der Waals surface area (Å²) in [6.07, 6.45) is 15.7. The molecule has 4 amide bonds. The summed E-state index contributed by atoms with van der Waals surface area (Å²) in [6, 6.07) is 26.3. The van der Waals surface area contributed by atoms with Crippen LogP contribution in [0.1, 0.15) is 129 Å². The van der Waals surface area contributed by atoms with E-state index in [4.69, 9.17) is 16.3 Å². The van der Waals surface area contributed by atoms with E-state index in [1.807, 2.05) is 30.3 Å². The van der Waals surface area contributed by atoms with Crippen LogP contribution in [0.3, 0.4) is 0 Å². The Morgan fingerprint density at radius 3 is 2.41 bits per heavy atom. The first kappa shape index (κ1) is 64.8. The van der Waals surface area contributed by atoms with Crippen molar-refractivity contribution in [2.75, 3.05) is 88.0 Å². The number of sulfonamides is 1. The second kappa shape index (κ2) is 28.5. The molecule has 2 aromatic heterocycles. The van der Waals surface area contributed by atoms with Crippen LogP contribution in [0.15, 0.2) is 119 Å². The number of anilines is 2. The molecule has 23 heteroatoms. The largest absolute Gasteiger partial charge is 0.455 e. The lowest BCUT2D eigenvalue weighted by atomic mass is 9.72. The Hall–Kier alpha value is -7.34. The highest BCUT2D eigenvalue weighted by atomic mass is 35.5. The van der Waals surface area contributed by atoms with Gasteiger partial charge >= 0.3 is 0 Å². The highest BCUT2D eigenvalue weighted by Crippen LogP contribution is 2.44. The summed E-state index contributed by atoms with van der Waals surface area (Å²) in [5.74, 6) is -0.0686. The number of nitrogens with one attached hydrogen (secondary N) is 4. The van der Waals surface area contributed by atoms with Crippen LogP contribution in [-0.2, 0) is 26.2 Å². The van der Waals surface area contributed by atoms with Crippen LogP contribution in [0.2, 0.25) is 5.02 Å². The van der Waals surface area contributed by atoms with Gasteiger partial charge in [0.25, 0.3) is 27.5 Å². The first-order valence-corrected chi connectivity index (χ1v) is 35.4. The quantitative estimate of drug-likeness (QED) is 0.0153. The number of allylic oxidation sites excluding steroid dienone is 1.